The second-order valence-electron chi connectivity index (χ2n) is 9.08. The van der Waals surface area contributed by atoms with Gasteiger partial charge in [0.1, 0.15) is 5.75 Å². The number of nitrogens with zero attached hydrogens (tertiary/aromatic N) is 1. The lowest BCUT2D eigenvalue weighted by Crippen LogP contribution is -2.28. The van der Waals surface area contributed by atoms with Crippen LogP contribution in [0.25, 0.3) is 21.7 Å². The fourth-order valence-corrected chi connectivity index (χ4v) is 5.93. The van der Waals surface area contributed by atoms with Crippen molar-refractivity contribution in [2.75, 3.05) is 4.31 Å². The maximum atomic E-state index is 14.4. The van der Waals surface area contributed by atoms with Gasteiger partial charge in [0.25, 0.3) is 10.0 Å². The first-order valence-electron chi connectivity index (χ1n) is 11.8. The molecule has 188 valence electrons. The topological polar surface area (TPSA) is 99.7 Å². The number of phenols is 1. The van der Waals surface area contributed by atoms with Crippen LogP contribution in [0.15, 0.2) is 89.8 Å². The monoisotopic (exact) mass is 514 g/mol. The first-order valence-corrected chi connectivity index (χ1v) is 13.3. The van der Waals surface area contributed by atoms with Gasteiger partial charge in [0.05, 0.1) is 22.4 Å². The zero-order valence-electron chi connectivity index (χ0n) is 20.6. The van der Waals surface area contributed by atoms with Crippen LogP contribution in [0.3, 0.4) is 0 Å². The average molecular weight is 515 g/mol. The highest BCUT2D eigenvalue weighted by Gasteiger charge is 2.35. The molecule has 0 saturated carbocycles. The highest BCUT2D eigenvalue weighted by Crippen LogP contribution is 2.44. The van der Waals surface area contributed by atoms with Crippen molar-refractivity contribution in [2.24, 2.45) is 0 Å². The smallest absolute Gasteiger partial charge is 0.357 e. The molecule has 1 heterocycles. The number of H-pyrrole nitrogens is 1. The number of aryl methyl sites for hydroxylation is 1. The highest BCUT2D eigenvalue weighted by molar-refractivity contribution is 7.93. The molecule has 37 heavy (non-hydrogen) atoms. The molecular formula is C29H26N2O5S. The van der Waals surface area contributed by atoms with E-state index in [2.05, 4.69) is 4.98 Å². The second kappa shape index (κ2) is 9.29. The SMILES string of the molecule is Cc1ccc(S(=O)(=O)N(c2c(C(=O)OC(C)C)[nH]c3ccccc23)c2ccc(O)c3ccccc23)cc1. The third-order valence-corrected chi connectivity index (χ3v) is 7.81. The Labute approximate surface area is 215 Å². The minimum atomic E-state index is -4.25. The Balaban J connectivity index is 1.90. The van der Waals surface area contributed by atoms with Gasteiger partial charge in [-0.15, -0.1) is 0 Å². The molecule has 0 aliphatic rings. The summed E-state index contributed by atoms with van der Waals surface area (Å²) in [6.45, 7) is 5.34. The van der Waals surface area contributed by atoms with Gasteiger partial charge >= 0.3 is 5.97 Å². The van der Waals surface area contributed by atoms with Gasteiger partial charge in [0.2, 0.25) is 0 Å². The summed E-state index contributed by atoms with van der Waals surface area (Å²) in [6, 6.07) is 23.6. The van der Waals surface area contributed by atoms with E-state index in [-0.39, 0.29) is 27.7 Å². The molecule has 8 heteroatoms. The molecule has 5 aromatic rings. The summed E-state index contributed by atoms with van der Waals surface area (Å²) in [5.74, 6) is -0.654. The molecule has 0 bridgehead atoms. The lowest BCUT2D eigenvalue weighted by Gasteiger charge is -2.27. The van der Waals surface area contributed by atoms with Crippen molar-refractivity contribution < 1.29 is 23.1 Å². The Bertz CT molecular complexity index is 1740. The molecule has 0 fully saturated rings. The summed E-state index contributed by atoms with van der Waals surface area (Å²) < 4.78 is 35.5. The van der Waals surface area contributed by atoms with E-state index in [1.807, 2.05) is 6.92 Å². The van der Waals surface area contributed by atoms with Crippen molar-refractivity contribution in [3.05, 3.63) is 96.2 Å². The normalized spacial score (nSPS) is 11.8. The molecule has 4 aromatic carbocycles. The maximum absolute atomic E-state index is 14.4. The van der Waals surface area contributed by atoms with Crippen LogP contribution in [0.4, 0.5) is 11.4 Å². The van der Waals surface area contributed by atoms with Gasteiger partial charge in [0.15, 0.2) is 5.69 Å². The second-order valence-corrected chi connectivity index (χ2v) is 10.9. The van der Waals surface area contributed by atoms with E-state index in [9.17, 15) is 18.3 Å². The largest absolute Gasteiger partial charge is 0.507 e. The van der Waals surface area contributed by atoms with E-state index in [1.54, 1.807) is 92.7 Å². The van der Waals surface area contributed by atoms with Gasteiger partial charge in [-0.3, -0.25) is 0 Å². The van der Waals surface area contributed by atoms with Crippen molar-refractivity contribution in [2.45, 2.75) is 31.8 Å². The molecule has 0 aliphatic carbocycles. The van der Waals surface area contributed by atoms with Crippen molar-refractivity contribution >= 4 is 49.0 Å². The number of para-hydroxylation sites is 1. The zero-order chi connectivity index (χ0) is 26.3. The summed E-state index contributed by atoms with van der Waals surface area (Å²) in [4.78, 5) is 16.4. The van der Waals surface area contributed by atoms with Gasteiger partial charge in [-0.2, -0.15) is 0 Å². The Morgan fingerprint density at radius 1 is 0.865 bits per heavy atom. The minimum Gasteiger partial charge on any atom is -0.507 e. The Morgan fingerprint density at radius 2 is 1.49 bits per heavy atom. The number of esters is 1. The van der Waals surface area contributed by atoms with Crippen molar-refractivity contribution in [1.82, 2.24) is 4.98 Å². The number of carbonyl (C=O) groups excluding carboxylic acids is 1. The first-order chi connectivity index (χ1) is 17.7. The molecule has 5 rings (SSSR count). The quantitative estimate of drug-likeness (QED) is 0.255. The summed E-state index contributed by atoms with van der Waals surface area (Å²) in [6.07, 6.45) is -0.413. The van der Waals surface area contributed by atoms with E-state index in [0.717, 1.165) is 5.56 Å². The number of aromatic hydroxyl groups is 1. The van der Waals surface area contributed by atoms with Gasteiger partial charge in [-0.25, -0.2) is 17.5 Å². The lowest BCUT2D eigenvalue weighted by atomic mass is 10.1. The lowest BCUT2D eigenvalue weighted by molar-refractivity contribution is 0.0373. The maximum Gasteiger partial charge on any atom is 0.357 e. The van der Waals surface area contributed by atoms with Crippen molar-refractivity contribution in [1.29, 1.82) is 0 Å². The van der Waals surface area contributed by atoms with Crippen LogP contribution in [0.1, 0.15) is 29.9 Å². The molecule has 0 amide bonds. The molecule has 0 radical (unpaired) electrons. The zero-order valence-corrected chi connectivity index (χ0v) is 21.4. The molecule has 0 spiro atoms. The fourth-order valence-electron chi connectivity index (χ4n) is 4.39. The number of anilines is 2. The van der Waals surface area contributed by atoms with E-state index >= 15 is 0 Å². The fraction of sp³-hybridized carbons (Fsp3) is 0.138. The van der Waals surface area contributed by atoms with E-state index in [0.29, 0.717) is 21.7 Å². The third-order valence-electron chi connectivity index (χ3n) is 6.08. The van der Waals surface area contributed by atoms with Gasteiger partial charge < -0.3 is 14.8 Å². The number of aromatic nitrogens is 1. The Hall–Kier alpha value is -4.30. The predicted octanol–water partition coefficient (Wildman–Crippen LogP) is 6.43. The standard InChI is InChI=1S/C29H26N2O5S/c1-18(2)36-29(33)27-28(23-10-6-7-11-24(23)30-27)31(37(34,35)20-14-12-19(3)13-15-20)25-16-17-26(32)22-9-5-4-8-21(22)25/h4-18,30,32H,1-3H3. The molecule has 0 saturated heterocycles. The molecule has 7 nitrogen and oxygen atoms in total. The highest BCUT2D eigenvalue weighted by atomic mass is 32.2. The average Bonchev–Trinajstić information content (AvgIpc) is 3.25. The minimum absolute atomic E-state index is 0.0164. The van der Waals surface area contributed by atoms with Crippen molar-refractivity contribution in [3.8, 4) is 5.75 Å². The van der Waals surface area contributed by atoms with Crippen LogP contribution < -0.4 is 4.31 Å². The number of sulfonamides is 1. The van der Waals surface area contributed by atoms with Gasteiger partial charge in [-0.05, 0) is 51.1 Å². The van der Waals surface area contributed by atoms with E-state index in [4.69, 9.17) is 4.74 Å². The van der Waals surface area contributed by atoms with Crippen LogP contribution in [0.5, 0.6) is 5.75 Å². The number of rotatable bonds is 6. The number of hydrogen-bond donors (Lipinski definition) is 2. The Kier molecular flexibility index (Phi) is 6.13. The number of benzene rings is 4. The number of phenolic OH excluding ortho intramolecular Hbond substituents is 1. The molecule has 0 aliphatic heterocycles. The number of carbonyl (C=O) groups is 1. The molecule has 0 unspecified atom stereocenters. The first kappa shape index (κ1) is 24.4. The number of fused-ring (bicyclic) bond motifs is 2. The van der Waals surface area contributed by atoms with E-state index in [1.165, 1.54) is 10.4 Å². The predicted molar refractivity (Wildman–Crippen MR) is 145 cm³/mol. The van der Waals surface area contributed by atoms with Gasteiger partial charge in [0, 0.05) is 21.7 Å². The van der Waals surface area contributed by atoms with Crippen LogP contribution in [0.2, 0.25) is 0 Å². The molecule has 2 N–H and O–H groups in total. The molecule has 0 atom stereocenters. The van der Waals surface area contributed by atoms with E-state index < -0.39 is 22.1 Å². The number of ether oxygens (including phenoxy) is 1. The third kappa shape index (κ3) is 4.29. The van der Waals surface area contributed by atoms with Gasteiger partial charge in [-0.1, -0.05) is 60.2 Å². The summed E-state index contributed by atoms with van der Waals surface area (Å²) in [5.41, 5.74) is 1.95. The molecular weight excluding hydrogens is 488 g/mol. The summed E-state index contributed by atoms with van der Waals surface area (Å²) >= 11 is 0. The summed E-state index contributed by atoms with van der Waals surface area (Å²) in [7, 11) is -4.25. The number of nitrogens with one attached hydrogen (secondary N) is 1. The van der Waals surface area contributed by atoms with Crippen LogP contribution in [-0.4, -0.2) is 30.6 Å². The molecule has 1 aromatic heterocycles. The van der Waals surface area contributed by atoms with Crippen LogP contribution >= 0.6 is 0 Å². The number of aromatic amines is 1. The Morgan fingerprint density at radius 3 is 2.16 bits per heavy atom. The van der Waals surface area contributed by atoms with Crippen LogP contribution in [0, 0.1) is 6.92 Å². The summed E-state index contributed by atoms with van der Waals surface area (Å²) in [5, 5.41) is 12.0. The van der Waals surface area contributed by atoms with Crippen LogP contribution in [-0.2, 0) is 14.8 Å². The van der Waals surface area contributed by atoms with Crippen molar-refractivity contribution in [3.63, 3.8) is 0 Å². The number of hydrogen-bond acceptors (Lipinski definition) is 5.